The molecule has 0 bridgehead atoms. The monoisotopic (exact) mass is 328 g/mol. The molecule has 0 aliphatic heterocycles. The maximum Gasteiger partial charge on any atom is 0.303 e. The van der Waals surface area contributed by atoms with Crippen LogP contribution in [0.15, 0.2) is 12.2 Å². The first-order valence-electron chi connectivity index (χ1n) is 8.90. The van der Waals surface area contributed by atoms with E-state index in [9.17, 15) is 20.1 Å². The molecule has 0 aromatic heterocycles. The molecule has 4 N–H and O–H groups in total. The Hall–Kier alpha value is -0.910. The van der Waals surface area contributed by atoms with E-state index in [1.54, 1.807) is 6.08 Å². The van der Waals surface area contributed by atoms with Gasteiger partial charge in [0, 0.05) is 18.8 Å². The molecule has 1 saturated carbocycles. The number of carbonyl (C=O) groups is 1. The molecule has 0 heterocycles. The average Bonchev–Trinajstić information content (AvgIpc) is 2.77. The number of rotatable bonds is 11. The van der Waals surface area contributed by atoms with Gasteiger partial charge in [-0.25, -0.2) is 0 Å². The summed E-state index contributed by atoms with van der Waals surface area (Å²) in [6.07, 6.45) is 8.87. The van der Waals surface area contributed by atoms with Crippen LogP contribution in [0, 0.1) is 11.8 Å². The van der Waals surface area contributed by atoms with Crippen molar-refractivity contribution in [3.63, 3.8) is 0 Å². The van der Waals surface area contributed by atoms with Crippen molar-refractivity contribution in [3.8, 4) is 0 Å². The summed E-state index contributed by atoms with van der Waals surface area (Å²) in [6.45, 7) is 1.90. The molecule has 1 aliphatic rings. The summed E-state index contributed by atoms with van der Waals surface area (Å²) in [4.78, 5) is 10.4. The van der Waals surface area contributed by atoms with Crippen LogP contribution in [0.1, 0.15) is 64.7 Å². The standard InChI is InChI=1S/C18H32O5/c1-2-13(19)10-11-15-14(16(20)12-17(15)21)8-6-4-3-5-7-9-18(22)23/h10-11,13-17,19-21H,2-9,12H2,1H3,(H,22,23)/b11-10+/t13-,14+,15-,16-,17+/m0/s1. The van der Waals surface area contributed by atoms with Crippen molar-refractivity contribution in [1.82, 2.24) is 0 Å². The predicted molar refractivity (Wildman–Crippen MR) is 89.0 cm³/mol. The van der Waals surface area contributed by atoms with Crippen LogP contribution in [0.4, 0.5) is 0 Å². The number of aliphatic hydroxyl groups is 3. The lowest BCUT2D eigenvalue weighted by Crippen LogP contribution is -2.21. The molecular weight excluding hydrogens is 296 g/mol. The molecule has 0 saturated heterocycles. The third-order valence-electron chi connectivity index (χ3n) is 4.82. The SMILES string of the molecule is CC[C@H](O)/C=C/[C@H]1[C@@H](CCCCCCCC(=O)O)[C@@H](O)C[C@H]1O. The van der Waals surface area contributed by atoms with Crippen molar-refractivity contribution in [2.75, 3.05) is 0 Å². The van der Waals surface area contributed by atoms with E-state index in [2.05, 4.69) is 0 Å². The first-order valence-corrected chi connectivity index (χ1v) is 8.90. The van der Waals surface area contributed by atoms with E-state index in [0.717, 1.165) is 38.5 Å². The second-order valence-corrected chi connectivity index (χ2v) is 6.67. The fourth-order valence-corrected chi connectivity index (χ4v) is 3.36. The summed E-state index contributed by atoms with van der Waals surface area (Å²) in [5, 5.41) is 38.4. The van der Waals surface area contributed by atoms with Crippen molar-refractivity contribution >= 4 is 5.97 Å². The third kappa shape index (κ3) is 7.46. The van der Waals surface area contributed by atoms with E-state index in [1.165, 1.54) is 0 Å². The second kappa shape index (κ2) is 10.8. The topological polar surface area (TPSA) is 98.0 Å². The summed E-state index contributed by atoms with van der Waals surface area (Å²) >= 11 is 0. The molecule has 23 heavy (non-hydrogen) atoms. The summed E-state index contributed by atoms with van der Waals surface area (Å²) in [7, 11) is 0. The van der Waals surface area contributed by atoms with Crippen LogP contribution in [0.25, 0.3) is 0 Å². The Morgan fingerprint density at radius 1 is 1.13 bits per heavy atom. The zero-order chi connectivity index (χ0) is 17.2. The number of carboxylic acid groups (broad SMARTS) is 1. The number of hydrogen-bond donors (Lipinski definition) is 4. The van der Waals surface area contributed by atoms with Crippen molar-refractivity contribution in [1.29, 1.82) is 0 Å². The number of unbranched alkanes of at least 4 members (excludes halogenated alkanes) is 4. The minimum Gasteiger partial charge on any atom is -0.481 e. The predicted octanol–water partition coefficient (Wildman–Crippen LogP) is 2.49. The summed E-state index contributed by atoms with van der Waals surface area (Å²) in [5.74, 6) is -0.778. The molecule has 0 radical (unpaired) electrons. The van der Waals surface area contributed by atoms with E-state index < -0.39 is 24.3 Å². The number of aliphatic carboxylic acids is 1. The van der Waals surface area contributed by atoms with Gasteiger partial charge in [-0.3, -0.25) is 4.79 Å². The van der Waals surface area contributed by atoms with Gasteiger partial charge in [-0.15, -0.1) is 0 Å². The highest BCUT2D eigenvalue weighted by Gasteiger charge is 2.39. The lowest BCUT2D eigenvalue weighted by atomic mass is 9.88. The van der Waals surface area contributed by atoms with Gasteiger partial charge in [-0.2, -0.15) is 0 Å². The van der Waals surface area contributed by atoms with Gasteiger partial charge in [0.2, 0.25) is 0 Å². The van der Waals surface area contributed by atoms with E-state index in [-0.39, 0.29) is 18.3 Å². The van der Waals surface area contributed by atoms with Crippen LogP contribution < -0.4 is 0 Å². The van der Waals surface area contributed by atoms with Crippen molar-refractivity contribution in [2.24, 2.45) is 11.8 Å². The Bertz CT molecular complexity index is 368. The zero-order valence-corrected chi connectivity index (χ0v) is 14.1. The molecule has 0 aromatic carbocycles. The van der Waals surface area contributed by atoms with Gasteiger partial charge in [0.05, 0.1) is 18.3 Å². The Kier molecular flexibility index (Phi) is 9.44. The molecule has 0 amide bonds. The summed E-state index contributed by atoms with van der Waals surface area (Å²) in [5.41, 5.74) is 0. The molecule has 5 nitrogen and oxygen atoms in total. The fourth-order valence-electron chi connectivity index (χ4n) is 3.36. The van der Waals surface area contributed by atoms with Crippen LogP contribution in [0.3, 0.4) is 0 Å². The average molecular weight is 328 g/mol. The molecule has 134 valence electrons. The van der Waals surface area contributed by atoms with Gasteiger partial charge < -0.3 is 20.4 Å². The van der Waals surface area contributed by atoms with Gasteiger partial charge in [0.25, 0.3) is 0 Å². The maximum absolute atomic E-state index is 10.4. The van der Waals surface area contributed by atoms with Crippen molar-refractivity contribution in [3.05, 3.63) is 12.2 Å². The lowest BCUT2D eigenvalue weighted by Gasteiger charge is -2.21. The quantitative estimate of drug-likeness (QED) is 0.345. The van der Waals surface area contributed by atoms with E-state index in [1.807, 2.05) is 13.0 Å². The van der Waals surface area contributed by atoms with Gasteiger partial charge in [-0.05, 0) is 25.2 Å². The molecular formula is C18H32O5. The van der Waals surface area contributed by atoms with Crippen LogP contribution in [0.5, 0.6) is 0 Å². The van der Waals surface area contributed by atoms with Crippen LogP contribution in [0.2, 0.25) is 0 Å². The van der Waals surface area contributed by atoms with Gasteiger partial charge in [0.15, 0.2) is 0 Å². The van der Waals surface area contributed by atoms with Gasteiger partial charge in [-0.1, -0.05) is 44.8 Å². The molecule has 5 heteroatoms. The van der Waals surface area contributed by atoms with Gasteiger partial charge in [0.1, 0.15) is 0 Å². The minimum atomic E-state index is -0.739. The van der Waals surface area contributed by atoms with Crippen LogP contribution in [-0.4, -0.2) is 44.7 Å². The Balaban J connectivity index is 2.31. The smallest absolute Gasteiger partial charge is 0.303 e. The Morgan fingerprint density at radius 2 is 1.78 bits per heavy atom. The van der Waals surface area contributed by atoms with Crippen molar-refractivity contribution in [2.45, 2.75) is 83.0 Å². The molecule has 0 unspecified atom stereocenters. The Morgan fingerprint density at radius 3 is 2.43 bits per heavy atom. The molecule has 0 spiro atoms. The zero-order valence-electron chi connectivity index (χ0n) is 14.1. The van der Waals surface area contributed by atoms with Crippen LogP contribution >= 0.6 is 0 Å². The molecule has 1 aliphatic carbocycles. The molecule has 1 rings (SSSR count). The first-order chi connectivity index (χ1) is 11.0. The van der Waals surface area contributed by atoms with Crippen molar-refractivity contribution < 1.29 is 25.2 Å². The number of aliphatic hydroxyl groups excluding tert-OH is 3. The summed E-state index contributed by atoms with van der Waals surface area (Å²) < 4.78 is 0. The third-order valence-corrected chi connectivity index (χ3v) is 4.82. The molecule has 5 atom stereocenters. The highest BCUT2D eigenvalue weighted by atomic mass is 16.4. The van der Waals surface area contributed by atoms with Gasteiger partial charge >= 0.3 is 5.97 Å². The fraction of sp³-hybridized carbons (Fsp3) is 0.833. The largest absolute Gasteiger partial charge is 0.481 e. The second-order valence-electron chi connectivity index (χ2n) is 6.67. The maximum atomic E-state index is 10.4. The number of hydrogen-bond acceptors (Lipinski definition) is 4. The summed E-state index contributed by atoms with van der Waals surface area (Å²) in [6, 6.07) is 0. The number of carboxylic acids is 1. The minimum absolute atomic E-state index is 0.0457. The van der Waals surface area contributed by atoms with E-state index in [0.29, 0.717) is 12.8 Å². The highest BCUT2D eigenvalue weighted by Crippen LogP contribution is 2.37. The van der Waals surface area contributed by atoms with E-state index >= 15 is 0 Å². The molecule has 0 aromatic rings. The normalized spacial score (nSPS) is 29.2. The lowest BCUT2D eigenvalue weighted by molar-refractivity contribution is -0.137. The first kappa shape index (κ1) is 20.1. The molecule has 1 fully saturated rings. The van der Waals surface area contributed by atoms with E-state index in [4.69, 9.17) is 5.11 Å². The van der Waals surface area contributed by atoms with Crippen LogP contribution in [-0.2, 0) is 4.79 Å². The Labute approximate surface area is 139 Å². The highest BCUT2D eigenvalue weighted by molar-refractivity contribution is 5.66.